The summed E-state index contributed by atoms with van der Waals surface area (Å²) in [7, 11) is -4.08. The zero-order valence-electron chi connectivity index (χ0n) is 17.0. The average molecular weight is 482 g/mol. The summed E-state index contributed by atoms with van der Waals surface area (Å²) in [4.78, 5) is 3.96. The lowest BCUT2D eigenvalue weighted by atomic mass is 9.76. The van der Waals surface area contributed by atoms with Gasteiger partial charge in [-0.15, -0.1) is 0 Å². The predicted octanol–water partition coefficient (Wildman–Crippen LogP) is 4.72. The van der Waals surface area contributed by atoms with Gasteiger partial charge < -0.3 is 5.11 Å². The van der Waals surface area contributed by atoms with Crippen LogP contribution in [-0.2, 0) is 14.6 Å². The van der Waals surface area contributed by atoms with Gasteiger partial charge in [-0.25, -0.2) is 22.2 Å². The van der Waals surface area contributed by atoms with E-state index in [0.717, 1.165) is 18.2 Å². The number of benzene rings is 2. The first-order valence-electron chi connectivity index (χ1n) is 10.2. The molecule has 2 aromatic carbocycles. The molecule has 0 spiro atoms. The second kappa shape index (κ2) is 8.88. The molecule has 0 saturated heterocycles. The average Bonchev–Trinajstić information content (AvgIpc) is 3.31. The number of aromatic amines is 1. The molecule has 10 heteroatoms. The third-order valence-electron chi connectivity index (χ3n) is 6.28. The van der Waals surface area contributed by atoms with Crippen molar-refractivity contribution in [1.82, 2.24) is 15.2 Å². The summed E-state index contributed by atoms with van der Waals surface area (Å²) in [5, 5.41) is 17.1. The van der Waals surface area contributed by atoms with Crippen LogP contribution in [0.2, 0.25) is 5.02 Å². The summed E-state index contributed by atoms with van der Waals surface area (Å²) in [5.74, 6) is -1.13. The lowest BCUT2D eigenvalue weighted by molar-refractivity contribution is 0.118. The summed E-state index contributed by atoms with van der Waals surface area (Å²) in [6.45, 7) is 0. The largest absolute Gasteiger partial charge is 0.385 e. The molecule has 3 aromatic rings. The number of aromatic nitrogens is 3. The van der Waals surface area contributed by atoms with Gasteiger partial charge >= 0.3 is 0 Å². The molecular formula is C22H22ClF2N3O3S. The van der Waals surface area contributed by atoms with Gasteiger partial charge in [-0.3, -0.25) is 5.10 Å². The van der Waals surface area contributed by atoms with Crippen LogP contribution in [0.4, 0.5) is 8.78 Å². The number of H-pyrrole nitrogens is 1. The van der Waals surface area contributed by atoms with E-state index < -0.39 is 32.3 Å². The van der Waals surface area contributed by atoms with Crippen LogP contribution in [0.5, 0.6) is 0 Å². The van der Waals surface area contributed by atoms with Crippen molar-refractivity contribution >= 4 is 21.4 Å². The topological polar surface area (TPSA) is 95.9 Å². The van der Waals surface area contributed by atoms with Crippen LogP contribution in [0, 0.1) is 17.6 Å². The first-order valence-corrected chi connectivity index (χ1v) is 12.1. The quantitative estimate of drug-likeness (QED) is 0.531. The van der Waals surface area contributed by atoms with Crippen LogP contribution in [-0.4, -0.2) is 28.7 Å². The normalized spacial score (nSPS) is 22.6. The molecule has 1 atom stereocenters. The standard InChI is InChI=1S/C22H22ClF2N3O3S/c23-15-1-4-17(5-2-15)32(30,31)22(18-12-16(24)3-6-19(18)25)9-7-14(8-10-22)11-20(29)21-26-13-27-28-21/h1-6,12-14,20,29H,7-11H2,(H,26,27,28)/t14-,20?,22+. The van der Waals surface area contributed by atoms with Crippen LogP contribution in [0.25, 0.3) is 0 Å². The Kier molecular flexibility index (Phi) is 6.33. The fourth-order valence-corrected chi connectivity index (χ4v) is 6.84. The van der Waals surface area contributed by atoms with Gasteiger partial charge in [-0.05, 0) is 80.5 Å². The van der Waals surface area contributed by atoms with Gasteiger partial charge in [-0.2, -0.15) is 5.10 Å². The maximum Gasteiger partial charge on any atom is 0.188 e. The molecule has 0 aliphatic heterocycles. The lowest BCUT2D eigenvalue weighted by Gasteiger charge is -2.40. The van der Waals surface area contributed by atoms with Crippen LogP contribution < -0.4 is 0 Å². The van der Waals surface area contributed by atoms with Gasteiger partial charge in [0.05, 0.1) is 4.90 Å². The Bertz CT molecular complexity index is 1180. The minimum atomic E-state index is -4.08. The summed E-state index contributed by atoms with van der Waals surface area (Å²) < 4.78 is 55.0. The summed E-state index contributed by atoms with van der Waals surface area (Å²) >= 11 is 5.91. The number of nitrogens with zero attached hydrogens (tertiary/aromatic N) is 2. The highest BCUT2D eigenvalue weighted by molar-refractivity contribution is 7.92. The van der Waals surface area contributed by atoms with E-state index in [1.54, 1.807) is 0 Å². The van der Waals surface area contributed by atoms with Crippen molar-refractivity contribution in [3.8, 4) is 0 Å². The highest BCUT2D eigenvalue weighted by atomic mass is 35.5. The van der Waals surface area contributed by atoms with E-state index in [0.29, 0.717) is 30.1 Å². The Morgan fingerprint density at radius 3 is 2.47 bits per heavy atom. The molecule has 4 rings (SSSR count). The smallest absolute Gasteiger partial charge is 0.188 e. The molecule has 1 heterocycles. The van der Waals surface area contributed by atoms with E-state index >= 15 is 0 Å². The van der Waals surface area contributed by atoms with Crippen LogP contribution in [0.3, 0.4) is 0 Å². The van der Waals surface area contributed by atoms with Crippen molar-refractivity contribution in [3.63, 3.8) is 0 Å². The van der Waals surface area contributed by atoms with Gasteiger partial charge in [0, 0.05) is 10.6 Å². The molecule has 0 bridgehead atoms. The first-order chi connectivity index (χ1) is 15.2. The highest BCUT2D eigenvalue weighted by Gasteiger charge is 2.50. The van der Waals surface area contributed by atoms with Crippen LogP contribution in [0.15, 0.2) is 53.7 Å². The second-order valence-corrected chi connectivity index (χ2v) is 10.8. The van der Waals surface area contributed by atoms with Gasteiger partial charge in [0.25, 0.3) is 0 Å². The number of sulfone groups is 1. The van der Waals surface area contributed by atoms with E-state index in [1.807, 2.05) is 0 Å². The van der Waals surface area contributed by atoms with Gasteiger partial charge in [0.2, 0.25) is 0 Å². The molecule has 1 fully saturated rings. The molecule has 0 amide bonds. The van der Waals surface area contributed by atoms with E-state index in [2.05, 4.69) is 15.2 Å². The monoisotopic (exact) mass is 481 g/mol. The Hall–Kier alpha value is -2.36. The zero-order chi connectivity index (χ0) is 22.9. The zero-order valence-corrected chi connectivity index (χ0v) is 18.6. The first kappa shape index (κ1) is 22.8. The van der Waals surface area contributed by atoms with E-state index in [-0.39, 0.29) is 29.2 Å². The number of nitrogens with one attached hydrogen (secondary N) is 1. The van der Waals surface area contributed by atoms with E-state index in [4.69, 9.17) is 11.6 Å². The van der Waals surface area contributed by atoms with Crippen molar-refractivity contribution < 1.29 is 22.3 Å². The highest BCUT2D eigenvalue weighted by Crippen LogP contribution is 2.50. The number of aliphatic hydroxyl groups is 1. The SMILES string of the molecule is O=S(=O)(c1ccc(Cl)cc1)[C@]1(c2cc(F)ccc2F)CC[C@H](CC(O)c2ncn[nH]2)CC1. The summed E-state index contributed by atoms with van der Waals surface area (Å²) in [6, 6.07) is 8.61. The predicted molar refractivity (Wildman–Crippen MR) is 115 cm³/mol. The Balaban J connectivity index is 1.69. The summed E-state index contributed by atoms with van der Waals surface area (Å²) in [6.07, 6.45) is 1.79. The lowest BCUT2D eigenvalue weighted by Crippen LogP contribution is -2.41. The molecule has 2 N–H and O–H groups in total. The summed E-state index contributed by atoms with van der Waals surface area (Å²) in [5.41, 5.74) is -0.165. The number of halogens is 3. The Morgan fingerprint density at radius 2 is 1.84 bits per heavy atom. The maximum absolute atomic E-state index is 14.9. The molecule has 1 unspecified atom stereocenters. The van der Waals surface area contributed by atoms with Crippen molar-refractivity contribution in [2.45, 2.75) is 47.9 Å². The minimum Gasteiger partial charge on any atom is -0.385 e. The molecule has 170 valence electrons. The molecule has 32 heavy (non-hydrogen) atoms. The Morgan fingerprint density at radius 1 is 1.16 bits per heavy atom. The molecule has 1 saturated carbocycles. The molecule has 0 radical (unpaired) electrons. The number of hydrogen-bond donors (Lipinski definition) is 2. The van der Waals surface area contributed by atoms with Crippen LogP contribution >= 0.6 is 11.6 Å². The minimum absolute atomic E-state index is 0.00528. The Labute approximate surface area is 189 Å². The number of aliphatic hydroxyl groups excluding tert-OH is 1. The van der Waals surface area contributed by atoms with Gasteiger partial charge in [-0.1, -0.05) is 11.6 Å². The van der Waals surface area contributed by atoms with Gasteiger partial charge in [0.15, 0.2) is 15.7 Å². The number of hydrogen-bond acceptors (Lipinski definition) is 5. The third-order valence-corrected chi connectivity index (χ3v) is 9.08. The van der Waals surface area contributed by atoms with Crippen LogP contribution in [0.1, 0.15) is 49.6 Å². The molecule has 6 nitrogen and oxygen atoms in total. The molecule has 1 aromatic heterocycles. The van der Waals surface area contributed by atoms with Crippen molar-refractivity contribution in [3.05, 3.63) is 76.8 Å². The van der Waals surface area contributed by atoms with E-state index in [1.165, 1.54) is 30.6 Å². The van der Waals surface area contributed by atoms with Crippen molar-refractivity contribution in [2.24, 2.45) is 5.92 Å². The van der Waals surface area contributed by atoms with Gasteiger partial charge in [0.1, 0.15) is 28.8 Å². The molecule has 1 aliphatic carbocycles. The maximum atomic E-state index is 14.9. The molecule has 1 aliphatic rings. The van der Waals surface area contributed by atoms with Crippen molar-refractivity contribution in [2.75, 3.05) is 0 Å². The van der Waals surface area contributed by atoms with E-state index in [9.17, 15) is 22.3 Å². The van der Waals surface area contributed by atoms with Crippen molar-refractivity contribution in [1.29, 1.82) is 0 Å². The number of rotatable bonds is 6. The molecular weight excluding hydrogens is 460 g/mol. The second-order valence-electron chi connectivity index (χ2n) is 8.14. The third kappa shape index (κ3) is 4.16. The fraction of sp³-hybridized carbons (Fsp3) is 0.364. The fourth-order valence-electron chi connectivity index (χ4n) is 4.55.